The Balaban J connectivity index is 1.53. The van der Waals surface area contributed by atoms with Gasteiger partial charge in [-0.25, -0.2) is 4.79 Å². The number of morpholine rings is 1. The number of phenols is 1. The largest absolute Gasteiger partial charge is 0.508 e. The summed E-state index contributed by atoms with van der Waals surface area (Å²) >= 11 is 0. The Kier molecular flexibility index (Phi) is 5.43. The SMILES string of the molecule is O=C(O)C1CCC(NC(=O)N2CCOC(c3cccc(O)c3)C2)CC1. The first-order valence-electron chi connectivity index (χ1n) is 8.71. The zero-order valence-corrected chi connectivity index (χ0v) is 14.1. The van der Waals surface area contributed by atoms with Crippen molar-refractivity contribution in [3.8, 4) is 5.75 Å². The normalized spacial score (nSPS) is 26.9. The second-order valence-corrected chi connectivity index (χ2v) is 6.74. The molecule has 136 valence electrons. The van der Waals surface area contributed by atoms with Crippen molar-refractivity contribution in [2.45, 2.75) is 37.8 Å². The number of nitrogens with zero attached hydrogens (tertiary/aromatic N) is 1. The summed E-state index contributed by atoms with van der Waals surface area (Å²) in [6, 6.07) is 6.79. The molecule has 0 spiro atoms. The van der Waals surface area contributed by atoms with Gasteiger partial charge in [-0.3, -0.25) is 4.79 Å². The highest BCUT2D eigenvalue weighted by molar-refractivity contribution is 5.75. The van der Waals surface area contributed by atoms with Gasteiger partial charge in [-0.05, 0) is 43.4 Å². The number of aromatic hydroxyl groups is 1. The van der Waals surface area contributed by atoms with Crippen LogP contribution in [-0.4, -0.2) is 52.9 Å². The van der Waals surface area contributed by atoms with E-state index in [2.05, 4.69) is 5.32 Å². The number of hydrogen-bond donors (Lipinski definition) is 3. The first-order chi connectivity index (χ1) is 12.0. The van der Waals surface area contributed by atoms with Gasteiger partial charge >= 0.3 is 12.0 Å². The highest BCUT2D eigenvalue weighted by Crippen LogP contribution is 2.26. The molecule has 1 aliphatic heterocycles. The van der Waals surface area contributed by atoms with E-state index in [0.717, 1.165) is 5.56 Å². The van der Waals surface area contributed by atoms with Crippen LogP contribution >= 0.6 is 0 Å². The van der Waals surface area contributed by atoms with E-state index in [0.29, 0.717) is 45.4 Å². The summed E-state index contributed by atoms with van der Waals surface area (Å²) in [4.78, 5) is 25.2. The standard InChI is InChI=1S/C18H24N2O5/c21-15-3-1-2-13(10-15)16-11-20(8-9-25-16)18(24)19-14-6-4-12(5-7-14)17(22)23/h1-3,10,12,14,16,21H,4-9,11H2,(H,19,24)(H,22,23). The Hall–Kier alpha value is -2.28. The number of amides is 2. The molecule has 25 heavy (non-hydrogen) atoms. The summed E-state index contributed by atoms with van der Waals surface area (Å²) in [5.41, 5.74) is 0.847. The quantitative estimate of drug-likeness (QED) is 0.777. The molecule has 2 amide bonds. The average molecular weight is 348 g/mol. The first-order valence-corrected chi connectivity index (χ1v) is 8.71. The average Bonchev–Trinajstić information content (AvgIpc) is 2.62. The zero-order chi connectivity index (χ0) is 17.8. The molecule has 3 N–H and O–H groups in total. The lowest BCUT2D eigenvalue weighted by molar-refractivity contribution is -0.142. The van der Waals surface area contributed by atoms with Crippen LogP contribution in [0.15, 0.2) is 24.3 Å². The van der Waals surface area contributed by atoms with E-state index in [4.69, 9.17) is 9.84 Å². The smallest absolute Gasteiger partial charge is 0.317 e. The number of phenolic OH excluding ortho intramolecular Hbond substituents is 1. The van der Waals surface area contributed by atoms with E-state index in [1.54, 1.807) is 23.1 Å². The van der Waals surface area contributed by atoms with Crippen molar-refractivity contribution >= 4 is 12.0 Å². The van der Waals surface area contributed by atoms with Crippen molar-refractivity contribution in [3.05, 3.63) is 29.8 Å². The number of hydrogen-bond acceptors (Lipinski definition) is 4. The van der Waals surface area contributed by atoms with Crippen LogP contribution in [0.4, 0.5) is 4.79 Å². The molecule has 7 heteroatoms. The molecular weight excluding hydrogens is 324 g/mol. The summed E-state index contributed by atoms with van der Waals surface area (Å²) in [6.07, 6.45) is 2.35. The molecule has 2 fully saturated rings. The van der Waals surface area contributed by atoms with Crippen molar-refractivity contribution in [1.29, 1.82) is 0 Å². The molecule has 1 saturated carbocycles. The number of carboxylic acids is 1. The molecule has 0 bridgehead atoms. The fourth-order valence-corrected chi connectivity index (χ4v) is 3.51. The van der Waals surface area contributed by atoms with Gasteiger partial charge in [0.15, 0.2) is 0 Å². The van der Waals surface area contributed by atoms with Crippen LogP contribution in [0.5, 0.6) is 5.75 Å². The number of carbonyl (C=O) groups excluding carboxylic acids is 1. The number of ether oxygens (including phenoxy) is 1. The topological polar surface area (TPSA) is 99.1 Å². The van der Waals surface area contributed by atoms with Gasteiger partial charge in [0.1, 0.15) is 11.9 Å². The van der Waals surface area contributed by atoms with Gasteiger partial charge in [0.2, 0.25) is 0 Å². The number of nitrogens with one attached hydrogen (secondary N) is 1. The van der Waals surface area contributed by atoms with E-state index in [1.165, 1.54) is 0 Å². The van der Waals surface area contributed by atoms with Crippen LogP contribution in [0.1, 0.15) is 37.4 Å². The maximum Gasteiger partial charge on any atom is 0.317 e. The molecule has 0 aromatic heterocycles. The Labute approximate surface area is 146 Å². The van der Waals surface area contributed by atoms with Crippen LogP contribution in [0.3, 0.4) is 0 Å². The molecule has 1 aromatic carbocycles. The van der Waals surface area contributed by atoms with E-state index in [1.807, 2.05) is 6.07 Å². The molecule has 7 nitrogen and oxygen atoms in total. The third-order valence-corrected chi connectivity index (χ3v) is 5.00. The Morgan fingerprint density at radius 3 is 2.64 bits per heavy atom. The predicted molar refractivity (Wildman–Crippen MR) is 90.3 cm³/mol. The minimum atomic E-state index is -0.744. The lowest BCUT2D eigenvalue weighted by atomic mass is 9.86. The van der Waals surface area contributed by atoms with Gasteiger partial charge in [0.05, 0.1) is 19.1 Å². The number of urea groups is 1. The van der Waals surface area contributed by atoms with Crippen molar-refractivity contribution in [2.24, 2.45) is 5.92 Å². The van der Waals surface area contributed by atoms with Crippen LogP contribution < -0.4 is 5.32 Å². The van der Waals surface area contributed by atoms with Crippen molar-refractivity contribution in [2.75, 3.05) is 19.7 Å². The molecule has 2 aliphatic rings. The molecule has 1 aliphatic carbocycles. The molecule has 1 aromatic rings. The van der Waals surface area contributed by atoms with Crippen molar-refractivity contribution in [3.63, 3.8) is 0 Å². The Morgan fingerprint density at radius 2 is 1.96 bits per heavy atom. The number of aliphatic carboxylic acids is 1. The molecular formula is C18H24N2O5. The van der Waals surface area contributed by atoms with Gasteiger partial charge in [-0.15, -0.1) is 0 Å². The summed E-state index contributed by atoms with van der Waals surface area (Å²) < 4.78 is 5.73. The monoisotopic (exact) mass is 348 g/mol. The zero-order valence-electron chi connectivity index (χ0n) is 14.1. The Bertz CT molecular complexity index is 628. The maximum absolute atomic E-state index is 12.5. The van der Waals surface area contributed by atoms with E-state index < -0.39 is 5.97 Å². The molecule has 3 rings (SSSR count). The lowest BCUT2D eigenvalue weighted by Crippen LogP contribution is -2.50. The summed E-state index contributed by atoms with van der Waals surface area (Å²) in [6.45, 7) is 1.39. The van der Waals surface area contributed by atoms with E-state index in [9.17, 15) is 14.7 Å². The fourth-order valence-electron chi connectivity index (χ4n) is 3.51. The van der Waals surface area contributed by atoms with E-state index in [-0.39, 0.29) is 29.8 Å². The van der Waals surface area contributed by atoms with Crippen molar-refractivity contribution < 1.29 is 24.5 Å². The minimum Gasteiger partial charge on any atom is -0.508 e. The lowest BCUT2D eigenvalue weighted by Gasteiger charge is -2.35. The number of carbonyl (C=O) groups is 2. The van der Waals surface area contributed by atoms with Gasteiger partial charge < -0.3 is 25.2 Å². The minimum absolute atomic E-state index is 0.0326. The van der Waals surface area contributed by atoms with Crippen molar-refractivity contribution in [1.82, 2.24) is 10.2 Å². The summed E-state index contributed by atoms with van der Waals surface area (Å²) in [7, 11) is 0. The van der Waals surface area contributed by atoms with E-state index >= 15 is 0 Å². The number of carboxylic acid groups (broad SMARTS) is 1. The highest BCUT2D eigenvalue weighted by atomic mass is 16.5. The third kappa shape index (κ3) is 4.42. The Morgan fingerprint density at radius 1 is 1.20 bits per heavy atom. The molecule has 1 heterocycles. The van der Waals surface area contributed by atoms with Gasteiger partial charge in [-0.1, -0.05) is 12.1 Å². The van der Waals surface area contributed by atoms with Gasteiger partial charge in [0, 0.05) is 12.6 Å². The molecule has 0 radical (unpaired) electrons. The van der Waals surface area contributed by atoms with Gasteiger partial charge in [-0.2, -0.15) is 0 Å². The number of benzene rings is 1. The number of rotatable bonds is 3. The fraction of sp³-hybridized carbons (Fsp3) is 0.556. The molecule has 1 saturated heterocycles. The summed E-state index contributed by atoms with van der Waals surface area (Å²) in [5, 5.41) is 21.7. The molecule has 1 atom stereocenters. The predicted octanol–water partition coefficient (Wildman–Crippen LogP) is 2.12. The molecule has 1 unspecified atom stereocenters. The van der Waals surface area contributed by atoms with Gasteiger partial charge in [0.25, 0.3) is 0 Å². The first kappa shape index (κ1) is 17.5. The second kappa shape index (κ2) is 7.74. The second-order valence-electron chi connectivity index (χ2n) is 6.74. The van der Waals surface area contributed by atoms with Crippen LogP contribution in [0.2, 0.25) is 0 Å². The van der Waals surface area contributed by atoms with Crippen LogP contribution in [-0.2, 0) is 9.53 Å². The maximum atomic E-state index is 12.5. The highest BCUT2D eigenvalue weighted by Gasteiger charge is 2.30. The van der Waals surface area contributed by atoms with Crippen LogP contribution in [0, 0.1) is 5.92 Å². The van der Waals surface area contributed by atoms with Crippen LogP contribution in [0.25, 0.3) is 0 Å². The third-order valence-electron chi connectivity index (χ3n) is 5.00. The summed E-state index contributed by atoms with van der Waals surface area (Å²) in [5.74, 6) is -0.851.